The highest BCUT2D eigenvalue weighted by atomic mass is 16.5. The van der Waals surface area contributed by atoms with Gasteiger partial charge >= 0.3 is 0 Å². The van der Waals surface area contributed by atoms with Crippen LogP contribution < -0.4 is 20.1 Å². The van der Waals surface area contributed by atoms with Gasteiger partial charge in [-0.3, -0.25) is 19.4 Å². The van der Waals surface area contributed by atoms with Gasteiger partial charge in [0.05, 0.1) is 49.4 Å². The largest absolute Gasteiger partial charge is 0.494 e. The quantitative estimate of drug-likeness (QED) is 0.360. The Bertz CT molecular complexity index is 1690. The molecule has 0 unspecified atom stereocenters. The van der Waals surface area contributed by atoms with E-state index >= 15 is 0 Å². The van der Waals surface area contributed by atoms with Crippen molar-refractivity contribution in [3.8, 4) is 22.9 Å². The highest BCUT2D eigenvalue weighted by Gasteiger charge is 2.34. The topological polar surface area (TPSA) is 137 Å². The van der Waals surface area contributed by atoms with E-state index in [4.69, 9.17) is 14.2 Å². The van der Waals surface area contributed by atoms with Gasteiger partial charge in [0, 0.05) is 38.4 Å². The highest BCUT2D eigenvalue weighted by molar-refractivity contribution is 5.94. The van der Waals surface area contributed by atoms with E-state index < -0.39 is 6.04 Å². The number of piperidine rings is 1. The van der Waals surface area contributed by atoms with Crippen LogP contribution in [0, 0.1) is 0 Å². The lowest BCUT2D eigenvalue weighted by molar-refractivity contribution is -0.124. The lowest BCUT2D eigenvalue weighted by Crippen LogP contribution is -2.57. The molecule has 232 valence electrons. The van der Waals surface area contributed by atoms with E-state index in [1.165, 1.54) is 12.4 Å². The van der Waals surface area contributed by atoms with Gasteiger partial charge in [0.15, 0.2) is 0 Å². The minimum atomic E-state index is -0.432. The summed E-state index contributed by atoms with van der Waals surface area (Å²) in [4.78, 5) is 45.1. The van der Waals surface area contributed by atoms with Gasteiger partial charge in [-0.25, -0.2) is 4.68 Å². The number of pyridine rings is 1. The number of nitrogens with zero attached hydrogens (tertiary/aromatic N) is 4. The fourth-order valence-corrected chi connectivity index (χ4v) is 5.49. The van der Waals surface area contributed by atoms with Crippen LogP contribution >= 0.6 is 0 Å². The number of amides is 3. The molecular weight excluding hydrogens is 576 g/mol. The van der Waals surface area contributed by atoms with Crippen molar-refractivity contribution in [2.45, 2.75) is 38.0 Å². The molecule has 0 radical (unpaired) electrons. The molecule has 2 atom stereocenters. The molecule has 4 bridgehead atoms. The van der Waals surface area contributed by atoms with Crippen molar-refractivity contribution in [1.29, 1.82) is 0 Å². The summed E-state index contributed by atoms with van der Waals surface area (Å²) < 4.78 is 19.4. The predicted molar refractivity (Wildman–Crippen MR) is 163 cm³/mol. The molecule has 2 aliphatic rings. The average molecular weight is 611 g/mol. The SMILES string of the molecule is COc1ccccc1-n1cc(C(=O)N2CC[C@@H]3OCc4cccc(c4)Oc4cncc(c4)C(=O)NCCCC(=O)N[C@H]3C2)cn1. The molecule has 2 aromatic carbocycles. The Morgan fingerprint density at radius 3 is 2.82 bits per heavy atom. The van der Waals surface area contributed by atoms with Crippen molar-refractivity contribution in [2.24, 2.45) is 0 Å². The van der Waals surface area contributed by atoms with Gasteiger partial charge in [-0.15, -0.1) is 0 Å². The Morgan fingerprint density at radius 1 is 1.04 bits per heavy atom. The fourth-order valence-electron chi connectivity index (χ4n) is 5.49. The molecule has 45 heavy (non-hydrogen) atoms. The molecule has 6 rings (SSSR count). The number of fused-ring (bicyclic) bond motifs is 5. The zero-order valence-electron chi connectivity index (χ0n) is 24.8. The van der Waals surface area contributed by atoms with E-state index in [2.05, 4.69) is 20.7 Å². The number of nitrogens with one attached hydrogen (secondary N) is 2. The van der Waals surface area contributed by atoms with E-state index in [9.17, 15) is 14.4 Å². The lowest BCUT2D eigenvalue weighted by Gasteiger charge is -2.38. The molecule has 2 aromatic heterocycles. The van der Waals surface area contributed by atoms with Crippen LogP contribution in [0.5, 0.6) is 17.2 Å². The van der Waals surface area contributed by atoms with Crippen LogP contribution in [0.4, 0.5) is 0 Å². The second-order valence-electron chi connectivity index (χ2n) is 10.9. The normalized spacial score (nSPS) is 19.2. The summed E-state index contributed by atoms with van der Waals surface area (Å²) in [5.41, 5.74) is 2.39. The van der Waals surface area contributed by atoms with Crippen molar-refractivity contribution in [2.75, 3.05) is 26.7 Å². The first-order valence-corrected chi connectivity index (χ1v) is 14.8. The van der Waals surface area contributed by atoms with E-state index in [0.717, 1.165) is 11.3 Å². The number of aromatic nitrogens is 3. The number of ether oxygens (including phenoxy) is 3. The third-order valence-corrected chi connectivity index (χ3v) is 7.78. The minimum absolute atomic E-state index is 0.179. The smallest absolute Gasteiger partial charge is 0.257 e. The zero-order chi connectivity index (χ0) is 31.2. The van der Waals surface area contributed by atoms with Crippen molar-refractivity contribution in [1.82, 2.24) is 30.3 Å². The molecule has 1 fully saturated rings. The van der Waals surface area contributed by atoms with Crippen LogP contribution in [-0.4, -0.2) is 76.3 Å². The lowest BCUT2D eigenvalue weighted by atomic mass is 10.0. The third-order valence-electron chi connectivity index (χ3n) is 7.78. The number of carbonyl (C=O) groups excluding carboxylic acids is 3. The highest BCUT2D eigenvalue weighted by Crippen LogP contribution is 2.25. The maximum Gasteiger partial charge on any atom is 0.257 e. The zero-order valence-corrected chi connectivity index (χ0v) is 24.8. The number of hydrogen-bond acceptors (Lipinski definition) is 8. The van der Waals surface area contributed by atoms with Gasteiger partial charge in [0.1, 0.15) is 22.9 Å². The molecule has 0 saturated carbocycles. The number of hydrogen-bond donors (Lipinski definition) is 2. The van der Waals surface area contributed by atoms with Crippen LogP contribution in [0.25, 0.3) is 5.69 Å². The monoisotopic (exact) mass is 610 g/mol. The Balaban J connectivity index is 1.18. The summed E-state index contributed by atoms with van der Waals surface area (Å²) in [6.45, 7) is 1.32. The standard InChI is InChI=1S/C33H34N6O6/c1-43-30-9-3-2-8-28(30)39-19-24(17-36-39)33(42)38-13-11-29-27(20-38)37-31(40)10-5-12-35-32(41)23-15-26(18-34-16-23)45-25-7-4-6-22(14-25)21-44-29/h2-4,6-9,14-19,27,29H,5,10-13,20-21H2,1H3,(H,35,41)(H,37,40)/t27-,29-/m0/s1. The van der Waals surface area contributed by atoms with Crippen LogP contribution in [0.1, 0.15) is 45.5 Å². The molecule has 12 heteroatoms. The van der Waals surface area contributed by atoms with Crippen molar-refractivity contribution >= 4 is 17.7 Å². The summed E-state index contributed by atoms with van der Waals surface area (Å²) in [7, 11) is 1.59. The molecule has 1 saturated heterocycles. The summed E-state index contributed by atoms with van der Waals surface area (Å²) in [6, 6.07) is 16.1. The molecule has 0 spiro atoms. The van der Waals surface area contributed by atoms with Crippen LogP contribution in [-0.2, 0) is 16.1 Å². The van der Waals surface area contributed by atoms with Gasteiger partial charge in [0.2, 0.25) is 5.91 Å². The molecule has 3 amide bonds. The Morgan fingerprint density at radius 2 is 1.93 bits per heavy atom. The van der Waals surface area contributed by atoms with E-state index in [1.54, 1.807) is 35.2 Å². The molecule has 4 aromatic rings. The third kappa shape index (κ3) is 7.13. The summed E-state index contributed by atoms with van der Waals surface area (Å²) in [5.74, 6) is 0.990. The molecule has 4 heterocycles. The van der Waals surface area contributed by atoms with E-state index in [1.807, 2.05) is 48.5 Å². The van der Waals surface area contributed by atoms with Crippen molar-refractivity contribution in [3.05, 3.63) is 96.1 Å². The number of methoxy groups -OCH3 is 1. The molecular formula is C33H34N6O6. The second kappa shape index (κ2) is 13.6. The number of benzene rings is 2. The number of carbonyl (C=O) groups is 3. The Hall–Kier alpha value is -5.23. The number of para-hydroxylation sites is 2. The first kappa shape index (κ1) is 29.8. The number of rotatable bonds is 3. The Labute approximate surface area is 260 Å². The van der Waals surface area contributed by atoms with Gasteiger partial charge in [-0.1, -0.05) is 24.3 Å². The molecule has 0 aliphatic carbocycles. The molecule has 12 nitrogen and oxygen atoms in total. The number of likely N-dealkylation sites (tertiary alicyclic amines) is 1. The fraction of sp³-hybridized carbons (Fsp3) is 0.303. The van der Waals surface area contributed by atoms with E-state index in [-0.39, 0.29) is 43.4 Å². The van der Waals surface area contributed by atoms with Crippen LogP contribution in [0.15, 0.2) is 79.4 Å². The summed E-state index contributed by atoms with van der Waals surface area (Å²) in [5, 5.41) is 10.3. The molecule has 2 aliphatic heterocycles. The molecule has 2 N–H and O–H groups in total. The van der Waals surface area contributed by atoms with Gasteiger partial charge in [-0.05, 0) is 48.7 Å². The van der Waals surface area contributed by atoms with Gasteiger partial charge in [0.25, 0.3) is 11.8 Å². The maximum atomic E-state index is 13.6. The minimum Gasteiger partial charge on any atom is -0.494 e. The predicted octanol–water partition coefficient (Wildman–Crippen LogP) is 3.51. The van der Waals surface area contributed by atoms with Gasteiger partial charge < -0.3 is 29.7 Å². The second-order valence-corrected chi connectivity index (χ2v) is 10.9. The Kier molecular flexibility index (Phi) is 9.01. The maximum absolute atomic E-state index is 13.6. The average Bonchev–Trinajstić information content (AvgIpc) is 3.56. The van der Waals surface area contributed by atoms with Crippen LogP contribution in [0.3, 0.4) is 0 Å². The van der Waals surface area contributed by atoms with Crippen molar-refractivity contribution in [3.63, 3.8) is 0 Å². The summed E-state index contributed by atoms with van der Waals surface area (Å²) in [6.07, 6.45) is 7.08. The summed E-state index contributed by atoms with van der Waals surface area (Å²) >= 11 is 0. The van der Waals surface area contributed by atoms with Crippen molar-refractivity contribution < 1.29 is 28.6 Å². The van der Waals surface area contributed by atoms with Crippen LogP contribution in [0.2, 0.25) is 0 Å². The van der Waals surface area contributed by atoms with Gasteiger partial charge in [-0.2, -0.15) is 5.10 Å². The van der Waals surface area contributed by atoms with E-state index in [0.29, 0.717) is 54.3 Å². The first-order chi connectivity index (χ1) is 22.0. The first-order valence-electron chi connectivity index (χ1n) is 14.8.